The topological polar surface area (TPSA) is 82.5 Å². The number of thioether (sulfide) groups is 1. The molecule has 0 spiro atoms. The molecule has 1 aromatic heterocycles. The molecule has 1 aromatic carbocycles. The van der Waals surface area contributed by atoms with Crippen molar-refractivity contribution in [3.8, 4) is 0 Å². The lowest BCUT2D eigenvalue weighted by Crippen LogP contribution is -2.19. The van der Waals surface area contributed by atoms with Gasteiger partial charge in [0.2, 0.25) is 5.91 Å². The molecule has 1 fully saturated rings. The summed E-state index contributed by atoms with van der Waals surface area (Å²) in [5.41, 5.74) is 1.65. The smallest absolute Gasteiger partial charge is 0.236 e. The van der Waals surface area contributed by atoms with E-state index in [0.29, 0.717) is 16.1 Å². The van der Waals surface area contributed by atoms with Crippen LogP contribution in [0.2, 0.25) is 5.15 Å². The Balaban J connectivity index is 1.81. The van der Waals surface area contributed by atoms with Crippen LogP contribution in [0.3, 0.4) is 0 Å². The molecule has 0 unspecified atom stereocenters. The molecule has 2 heterocycles. The zero-order chi connectivity index (χ0) is 13.2. The molecular formula is C11H8ClN5OS. The normalized spacial score (nSPS) is 17.7. The number of amidine groups is 1. The number of rotatable bonds is 2. The lowest BCUT2D eigenvalue weighted by Gasteiger charge is -1.93. The number of H-pyrrole nitrogens is 1. The predicted octanol–water partition coefficient (Wildman–Crippen LogP) is 1.77. The highest BCUT2D eigenvalue weighted by molar-refractivity contribution is 8.15. The second-order valence-corrected chi connectivity index (χ2v) is 5.14. The molecule has 96 valence electrons. The summed E-state index contributed by atoms with van der Waals surface area (Å²) in [4.78, 5) is 11.0. The maximum Gasteiger partial charge on any atom is 0.236 e. The number of aromatic nitrogens is 2. The number of fused-ring (bicyclic) bond motifs is 1. The Morgan fingerprint density at radius 2 is 2.37 bits per heavy atom. The fraction of sp³-hybridized carbons (Fsp3) is 0.0909. The minimum Gasteiger partial charge on any atom is -0.303 e. The zero-order valence-electron chi connectivity index (χ0n) is 9.55. The Morgan fingerprint density at radius 3 is 3.16 bits per heavy atom. The second-order valence-electron chi connectivity index (χ2n) is 3.80. The number of nitrogens with zero attached hydrogens (tertiary/aromatic N) is 3. The van der Waals surface area contributed by atoms with Crippen molar-refractivity contribution in [2.45, 2.75) is 0 Å². The van der Waals surface area contributed by atoms with E-state index in [0.717, 1.165) is 16.5 Å². The molecule has 0 saturated carbocycles. The number of hydrogen-bond acceptors (Lipinski definition) is 5. The van der Waals surface area contributed by atoms with Gasteiger partial charge in [0.15, 0.2) is 5.17 Å². The quantitative estimate of drug-likeness (QED) is 0.654. The number of halogens is 1. The van der Waals surface area contributed by atoms with Crippen molar-refractivity contribution in [1.29, 1.82) is 0 Å². The van der Waals surface area contributed by atoms with E-state index < -0.39 is 0 Å². The van der Waals surface area contributed by atoms with Crippen molar-refractivity contribution < 1.29 is 4.79 Å². The van der Waals surface area contributed by atoms with Gasteiger partial charge in [-0.25, -0.2) is 0 Å². The summed E-state index contributed by atoms with van der Waals surface area (Å²) in [6.07, 6.45) is 1.60. The molecule has 1 aliphatic rings. The molecule has 0 radical (unpaired) electrons. The lowest BCUT2D eigenvalue weighted by atomic mass is 10.2. The first-order chi connectivity index (χ1) is 9.22. The van der Waals surface area contributed by atoms with Crippen molar-refractivity contribution in [1.82, 2.24) is 15.5 Å². The molecule has 1 amide bonds. The van der Waals surface area contributed by atoms with Crippen molar-refractivity contribution in [2.24, 2.45) is 10.2 Å². The standard InChI is InChI=1S/C11H8ClN5OS/c12-10-7-3-6(1-2-8(7)15-16-10)4-13-17-11-14-9(18)5-19-11/h1-4H,5H2,(H,15,16)(H,14,17,18). The number of hydrogen-bond donors (Lipinski definition) is 2. The monoisotopic (exact) mass is 293 g/mol. The zero-order valence-corrected chi connectivity index (χ0v) is 11.1. The maximum absolute atomic E-state index is 11.0. The van der Waals surface area contributed by atoms with Gasteiger partial charge in [0.05, 0.1) is 17.5 Å². The Kier molecular flexibility index (Phi) is 3.22. The van der Waals surface area contributed by atoms with Crippen LogP contribution in [0.15, 0.2) is 28.4 Å². The van der Waals surface area contributed by atoms with Crippen LogP contribution in [0.5, 0.6) is 0 Å². The van der Waals surface area contributed by atoms with Gasteiger partial charge in [0.25, 0.3) is 0 Å². The van der Waals surface area contributed by atoms with Crippen LogP contribution < -0.4 is 5.32 Å². The fourth-order valence-electron chi connectivity index (χ4n) is 1.60. The minimum absolute atomic E-state index is 0.0504. The largest absolute Gasteiger partial charge is 0.303 e. The summed E-state index contributed by atoms with van der Waals surface area (Å²) in [6.45, 7) is 0. The van der Waals surface area contributed by atoms with Crippen molar-refractivity contribution in [3.05, 3.63) is 28.9 Å². The fourth-order valence-corrected chi connectivity index (χ4v) is 2.43. The number of benzene rings is 1. The Bertz CT molecular complexity index is 708. The number of aromatic amines is 1. The Morgan fingerprint density at radius 1 is 1.47 bits per heavy atom. The summed E-state index contributed by atoms with van der Waals surface area (Å²) in [5, 5.41) is 19.0. The van der Waals surface area contributed by atoms with Crippen LogP contribution in [0.25, 0.3) is 10.9 Å². The van der Waals surface area contributed by atoms with Crippen LogP contribution in [0.4, 0.5) is 0 Å². The van der Waals surface area contributed by atoms with Gasteiger partial charge >= 0.3 is 0 Å². The molecule has 19 heavy (non-hydrogen) atoms. The molecule has 0 atom stereocenters. The molecule has 2 aromatic rings. The highest BCUT2D eigenvalue weighted by Gasteiger charge is 2.15. The molecule has 6 nitrogen and oxygen atoms in total. The molecule has 0 aliphatic carbocycles. The summed E-state index contributed by atoms with van der Waals surface area (Å²) in [7, 11) is 0. The van der Waals surface area contributed by atoms with Crippen LogP contribution in [0, 0.1) is 0 Å². The van der Waals surface area contributed by atoms with Crippen LogP contribution in [0.1, 0.15) is 5.56 Å². The van der Waals surface area contributed by atoms with Crippen molar-refractivity contribution in [2.75, 3.05) is 5.75 Å². The first-order valence-corrected chi connectivity index (χ1v) is 6.76. The van der Waals surface area contributed by atoms with Crippen LogP contribution in [-0.4, -0.2) is 33.2 Å². The average Bonchev–Trinajstić information content (AvgIpc) is 2.97. The van der Waals surface area contributed by atoms with Gasteiger partial charge in [-0.3, -0.25) is 9.89 Å². The molecule has 2 N–H and O–H groups in total. The van der Waals surface area contributed by atoms with E-state index >= 15 is 0 Å². The summed E-state index contributed by atoms with van der Waals surface area (Å²) >= 11 is 7.29. The first-order valence-electron chi connectivity index (χ1n) is 5.40. The van der Waals surface area contributed by atoms with Gasteiger partial charge < -0.3 is 5.32 Å². The molecule has 0 bridgehead atoms. The van der Waals surface area contributed by atoms with Gasteiger partial charge in [0.1, 0.15) is 5.15 Å². The van der Waals surface area contributed by atoms with E-state index in [-0.39, 0.29) is 5.91 Å². The van der Waals surface area contributed by atoms with Gasteiger partial charge in [-0.2, -0.15) is 10.2 Å². The molecule has 3 rings (SSSR count). The highest BCUT2D eigenvalue weighted by atomic mass is 35.5. The van der Waals surface area contributed by atoms with Gasteiger partial charge in [-0.15, -0.1) is 5.10 Å². The number of carbonyl (C=O) groups is 1. The molecule has 8 heteroatoms. The van der Waals surface area contributed by atoms with Gasteiger partial charge in [0, 0.05) is 5.39 Å². The third kappa shape index (κ3) is 2.61. The van der Waals surface area contributed by atoms with Crippen molar-refractivity contribution >= 4 is 51.6 Å². The van der Waals surface area contributed by atoms with Crippen LogP contribution >= 0.6 is 23.4 Å². The van der Waals surface area contributed by atoms with E-state index in [1.165, 1.54) is 11.8 Å². The van der Waals surface area contributed by atoms with Crippen LogP contribution in [-0.2, 0) is 4.79 Å². The number of amides is 1. The second kappa shape index (κ2) is 5.02. The molecule has 1 aliphatic heterocycles. The van der Waals surface area contributed by atoms with E-state index in [2.05, 4.69) is 25.7 Å². The Hall–Kier alpha value is -1.86. The van der Waals surface area contributed by atoms with E-state index in [1.807, 2.05) is 18.2 Å². The van der Waals surface area contributed by atoms with E-state index in [9.17, 15) is 4.79 Å². The van der Waals surface area contributed by atoms with Gasteiger partial charge in [-0.1, -0.05) is 29.4 Å². The predicted molar refractivity (Wildman–Crippen MR) is 76.7 cm³/mol. The maximum atomic E-state index is 11.0. The van der Waals surface area contributed by atoms with E-state index in [1.54, 1.807) is 6.21 Å². The number of carbonyl (C=O) groups excluding carboxylic acids is 1. The summed E-state index contributed by atoms with van der Waals surface area (Å²) in [5.74, 6) is 0.343. The van der Waals surface area contributed by atoms with Gasteiger partial charge in [-0.05, 0) is 17.7 Å². The number of nitrogens with one attached hydrogen (secondary N) is 2. The summed E-state index contributed by atoms with van der Waals surface area (Å²) < 4.78 is 0. The average molecular weight is 294 g/mol. The SMILES string of the molecule is O=C1CSC(=NN=Cc2ccc3n[nH]c(Cl)c3c2)N1. The minimum atomic E-state index is -0.0504. The summed E-state index contributed by atoms with van der Waals surface area (Å²) in [6, 6.07) is 5.58. The first kappa shape index (κ1) is 12.2. The third-order valence-corrected chi connectivity index (χ3v) is 3.63. The molecule has 1 saturated heterocycles. The van der Waals surface area contributed by atoms with Crippen molar-refractivity contribution in [3.63, 3.8) is 0 Å². The van der Waals surface area contributed by atoms with E-state index in [4.69, 9.17) is 11.6 Å². The molecular weight excluding hydrogens is 286 g/mol. The third-order valence-electron chi connectivity index (χ3n) is 2.47. The Labute approximate surface area is 117 Å². The lowest BCUT2D eigenvalue weighted by molar-refractivity contribution is -0.116. The highest BCUT2D eigenvalue weighted by Crippen LogP contribution is 2.20.